The van der Waals surface area contributed by atoms with Crippen LogP contribution in [0.2, 0.25) is 10.0 Å². The predicted octanol–water partition coefficient (Wildman–Crippen LogP) is 7.68. The molecule has 0 saturated heterocycles. The van der Waals surface area contributed by atoms with Gasteiger partial charge in [-0.05, 0) is 55.0 Å². The number of carbonyl (C=O) groups excluding carboxylic acids is 1. The van der Waals surface area contributed by atoms with Gasteiger partial charge in [0.05, 0.1) is 38.3 Å². The monoisotopic (exact) mass is 664 g/mol. The van der Waals surface area contributed by atoms with E-state index in [-0.39, 0.29) is 24.2 Å². The maximum Gasteiger partial charge on any atom is 0.338 e. The van der Waals surface area contributed by atoms with Gasteiger partial charge in [0.2, 0.25) is 0 Å². The number of benzene rings is 3. The van der Waals surface area contributed by atoms with Gasteiger partial charge in [-0.3, -0.25) is 4.68 Å². The zero-order chi connectivity index (χ0) is 32.8. The Labute approximate surface area is 277 Å². The number of nitrogens with zero attached hydrogens (tertiary/aromatic N) is 2. The lowest BCUT2D eigenvalue weighted by molar-refractivity contribution is -0.132. The largest absolute Gasteiger partial charge is 0.496 e. The molecule has 0 unspecified atom stereocenters. The van der Waals surface area contributed by atoms with Crippen molar-refractivity contribution in [2.24, 2.45) is 0 Å². The summed E-state index contributed by atoms with van der Waals surface area (Å²) in [4.78, 5) is 25.1. The Morgan fingerprint density at radius 3 is 2.67 bits per heavy atom. The summed E-state index contributed by atoms with van der Waals surface area (Å²) in [7, 11) is 2.87. The predicted molar refractivity (Wildman–Crippen MR) is 176 cm³/mol. The first kappa shape index (κ1) is 32.9. The Kier molecular flexibility index (Phi) is 10.6. The Balaban J connectivity index is 1.57. The normalized spacial score (nSPS) is 12.4. The number of carbonyl (C=O) groups is 2. The average Bonchev–Trinajstić information content (AvgIpc) is 3.68. The van der Waals surface area contributed by atoms with E-state index in [1.54, 1.807) is 49.7 Å². The van der Waals surface area contributed by atoms with Crippen molar-refractivity contribution in [3.05, 3.63) is 98.2 Å². The van der Waals surface area contributed by atoms with Gasteiger partial charge < -0.3 is 24.1 Å². The minimum absolute atomic E-state index is 0.0493. The molecule has 2 heterocycles. The molecule has 11 heteroatoms. The van der Waals surface area contributed by atoms with Crippen molar-refractivity contribution in [3.63, 3.8) is 0 Å². The number of methoxy groups -OCH3 is 2. The third-order valence-corrected chi connectivity index (χ3v) is 8.35. The van der Waals surface area contributed by atoms with Crippen LogP contribution in [0.15, 0.2) is 60.3 Å². The van der Waals surface area contributed by atoms with Crippen molar-refractivity contribution < 1.29 is 33.6 Å². The number of hydrogen-bond donors (Lipinski definition) is 1. The van der Waals surface area contributed by atoms with Crippen molar-refractivity contribution in [3.8, 4) is 28.5 Å². The van der Waals surface area contributed by atoms with Crippen LogP contribution in [0.25, 0.3) is 17.3 Å². The second-order valence-corrected chi connectivity index (χ2v) is 11.6. The molecule has 3 aromatic carbocycles. The Morgan fingerprint density at radius 1 is 1.11 bits per heavy atom. The summed E-state index contributed by atoms with van der Waals surface area (Å²) in [5.74, 6) is 0.146. The second-order valence-electron chi connectivity index (χ2n) is 10.7. The number of rotatable bonds is 13. The Bertz CT molecular complexity index is 1800. The molecule has 0 amide bonds. The lowest BCUT2D eigenvalue weighted by Gasteiger charge is -2.17. The van der Waals surface area contributed by atoms with Crippen LogP contribution in [-0.4, -0.2) is 47.7 Å². The third-order valence-electron chi connectivity index (χ3n) is 7.76. The third kappa shape index (κ3) is 7.16. The molecule has 0 saturated carbocycles. The minimum atomic E-state index is -1.07. The van der Waals surface area contributed by atoms with Crippen LogP contribution >= 0.6 is 23.2 Å². The van der Waals surface area contributed by atoms with E-state index in [1.807, 2.05) is 22.9 Å². The zero-order valence-electron chi connectivity index (χ0n) is 25.8. The molecule has 0 atom stereocenters. The smallest absolute Gasteiger partial charge is 0.338 e. The number of unbranched alkanes of at least 4 members (excludes halogenated alkanes) is 1. The number of aliphatic carboxylic acids is 1. The van der Waals surface area contributed by atoms with Gasteiger partial charge in [0.15, 0.2) is 0 Å². The van der Waals surface area contributed by atoms with Crippen LogP contribution < -0.4 is 14.2 Å². The molecule has 1 aromatic heterocycles. The molecule has 0 aliphatic carbocycles. The number of aromatic nitrogens is 2. The van der Waals surface area contributed by atoms with Crippen molar-refractivity contribution in [1.82, 2.24) is 9.78 Å². The van der Waals surface area contributed by atoms with E-state index in [2.05, 4.69) is 12.0 Å². The van der Waals surface area contributed by atoms with E-state index >= 15 is 0 Å². The molecule has 1 aliphatic heterocycles. The molecular formula is C35H34Cl2N2O7. The van der Waals surface area contributed by atoms with Gasteiger partial charge in [0.1, 0.15) is 23.9 Å². The van der Waals surface area contributed by atoms with Crippen LogP contribution in [0.3, 0.4) is 0 Å². The summed E-state index contributed by atoms with van der Waals surface area (Å²) in [6, 6.07) is 13.9. The van der Waals surface area contributed by atoms with E-state index in [1.165, 1.54) is 7.11 Å². The maximum atomic E-state index is 12.6. The van der Waals surface area contributed by atoms with E-state index in [4.69, 9.17) is 42.1 Å². The number of aryl methyl sites for hydroxylation is 1. The highest BCUT2D eigenvalue weighted by Gasteiger charge is 2.23. The summed E-state index contributed by atoms with van der Waals surface area (Å²) in [6.45, 7) is 3.21. The molecule has 5 rings (SSSR count). The lowest BCUT2D eigenvalue weighted by Crippen LogP contribution is -2.09. The highest BCUT2D eigenvalue weighted by molar-refractivity contribution is 6.32. The molecule has 0 spiro atoms. The number of fused-ring (bicyclic) bond motifs is 1. The van der Waals surface area contributed by atoms with Crippen LogP contribution in [-0.2, 0) is 35.5 Å². The van der Waals surface area contributed by atoms with Gasteiger partial charge in [-0.25, -0.2) is 9.59 Å². The van der Waals surface area contributed by atoms with Crippen LogP contribution in [0.5, 0.6) is 17.2 Å². The van der Waals surface area contributed by atoms with E-state index in [9.17, 15) is 14.7 Å². The molecule has 46 heavy (non-hydrogen) atoms. The number of carboxylic acids is 1. The summed E-state index contributed by atoms with van der Waals surface area (Å²) in [5, 5.41) is 15.7. The molecule has 240 valence electrons. The summed E-state index contributed by atoms with van der Waals surface area (Å²) >= 11 is 12.9. The first-order chi connectivity index (χ1) is 22.2. The lowest BCUT2D eigenvalue weighted by atomic mass is 9.98. The topological polar surface area (TPSA) is 109 Å². The number of halogens is 2. The summed E-state index contributed by atoms with van der Waals surface area (Å²) < 4.78 is 24.4. The molecule has 1 aliphatic rings. The van der Waals surface area contributed by atoms with Crippen molar-refractivity contribution >= 4 is 41.2 Å². The van der Waals surface area contributed by atoms with Gasteiger partial charge in [0, 0.05) is 62.8 Å². The number of ether oxygens (including phenoxy) is 4. The van der Waals surface area contributed by atoms with Crippen molar-refractivity contribution in [1.29, 1.82) is 0 Å². The fourth-order valence-corrected chi connectivity index (χ4v) is 5.79. The molecule has 9 nitrogen and oxygen atoms in total. The SMILES string of the molecule is CCCCn1ncc(C=C(Cc2cc3c(cc2OC)CCO3)C(=O)O)c1-c1ccc(Cl)cc1OCc1c(Cl)cccc1C(=O)OC. The first-order valence-corrected chi connectivity index (χ1v) is 15.6. The van der Waals surface area contributed by atoms with Crippen LogP contribution in [0.4, 0.5) is 0 Å². The van der Waals surface area contributed by atoms with E-state index < -0.39 is 11.9 Å². The number of hydrogen-bond acceptors (Lipinski definition) is 7. The Morgan fingerprint density at radius 2 is 1.93 bits per heavy atom. The van der Waals surface area contributed by atoms with Gasteiger partial charge in [0.25, 0.3) is 0 Å². The quantitative estimate of drug-likeness (QED) is 0.115. The fraction of sp³-hybridized carbons (Fsp3) is 0.286. The summed E-state index contributed by atoms with van der Waals surface area (Å²) in [6.07, 6.45) is 5.93. The molecule has 4 aromatic rings. The van der Waals surface area contributed by atoms with E-state index in [0.29, 0.717) is 62.6 Å². The Hall–Kier alpha value is -4.47. The average molecular weight is 666 g/mol. The van der Waals surface area contributed by atoms with Gasteiger partial charge in [-0.2, -0.15) is 5.10 Å². The van der Waals surface area contributed by atoms with Crippen LogP contribution in [0, 0.1) is 0 Å². The van der Waals surface area contributed by atoms with Gasteiger partial charge in [-0.1, -0.05) is 42.6 Å². The number of esters is 1. The van der Waals surface area contributed by atoms with E-state index in [0.717, 1.165) is 30.6 Å². The molecule has 1 N–H and O–H groups in total. The highest BCUT2D eigenvalue weighted by atomic mass is 35.5. The molecule has 0 fully saturated rings. The highest BCUT2D eigenvalue weighted by Crippen LogP contribution is 2.38. The van der Waals surface area contributed by atoms with Gasteiger partial charge in [-0.15, -0.1) is 0 Å². The number of carboxylic acid groups (broad SMARTS) is 1. The molecule has 0 radical (unpaired) electrons. The van der Waals surface area contributed by atoms with Crippen LogP contribution in [0.1, 0.15) is 52.4 Å². The van der Waals surface area contributed by atoms with Gasteiger partial charge >= 0.3 is 11.9 Å². The molecule has 0 bridgehead atoms. The van der Waals surface area contributed by atoms with Crippen molar-refractivity contribution in [2.45, 2.75) is 45.8 Å². The van der Waals surface area contributed by atoms with Crippen molar-refractivity contribution in [2.75, 3.05) is 20.8 Å². The standard InChI is InChI=1S/C35H34Cl2N2O7/c1-4-5-12-39-33(27-10-9-25(36)18-32(27)46-20-28-26(35(42)44-3)7-6-8-29(28)37)24(19-38-39)15-23(34(40)41)14-22-17-31-21(11-13-45-31)16-30(22)43-2/h6-10,15-19H,4-5,11-14,20H2,1-3H3,(H,40,41). The summed E-state index contributed by atoms with van der Waals surface area (Å²) in [5.41, 5.74) is 4.52. The zero-order valence-corrected chi connectivity index (χ0v) is 27.3. The minimum Gasteiger partial charge on any atom is -0.496 e. The molecular weight excluding hydrogens is 631 g/mol. The first-order valence-electron chi connectivity index (χ1n) is 14.8. The maximum absolute atomic E-state index is 12.6. The fourth-order valence-electron chi connectivity index (χ4n) is 5.40. The second kappa shape index (κ2) is 14.7.